The van der Waals surface area contributed by atoms with Gasteiger partial charge in [-0.05, 0) is 0 Å². The van der Waals surface area contributed by atoms with Gasteiger partial charge >= 0.3 is 0 Å². The highest BCUT2D eigenvalue weighted by molar-refractivity contribution is 7.95. The van der Waals surface area contributed by atoms with Crippen LogP contribution in [0.25, 0.3) is 0 Å². The summed E-state index contributed by atoms with van der Waals surface area (Å²) >= 11 is 7.32. The second-order valence-electron chi connectivity index (χ2n) is 2.92. The maximum Gasteiger partial charge on any atom is 0.300 e. The fourth-order valence-corrected chi connectivity index (χ4v) is 4.49. The molecule has 0 aliphatic heterocycles. The molecule has 0 aliphatic carbocycles. The lowest BCUT2D eigenvalue weighted by Gasteiger charge is -2.00. The van der Waals surface area contributed by atoms with Crippen molar-refractivity contribution in [3.8, 4) is 0 Å². The number of halogens is 1. The summed E-state index contributed by atoms with van der Waals surface area (Å²) in [6.45, 7) is 0. The number of nitrogens with one attached hydrogen (secondary N) is 1. The number of thiazole rings is 1. The minimum absolute atomic E-state index is 0.181. The normalized spacial score (nSPS) is 11.4. The zero-order chi connectivity index (χ0) is 13.3. The van der Waals surface area contributed by atoms with Gasteiger partial charge in [-0.3, -0.25) is 14.8 Å². The van der Waals surface area contributed by atoms with E-state index >= 15 is 0 Å². The molecule has 0 spiro atoms. The van der Waals surface area contributed by atoms with Gasteiger partial charge in [0.05, 0.1) is 4.92 Å². The van der Waals surface area contributed by atoms with E-state index in [9.17, 15) is 18.5 Å². The van der Waals surface area contributed by atoms with Gasteiger partial charge in [-0.15, -0.1) is 22.7 Å². The highest BCUT2D eigenvalue weighted by Gasteiger charge is 2.25. The van der Waals surface area contributed by atoms with E-state index in [1.807, 2.05) is 0 Å². The van der Waals surface area contributed by atoms with Gasteiger partial charge in [-0.1, -0.05) is 11.6 Å². The summed E-state index contributed by atoms with van der Waals surface area (Å²) in [5.74, 6) is 0. The summed E-state index contributed by atoms with van der Waals surface area (Å²) in [5.41, 5.74) is -0.429. The summed E-state index contributed by atoms with van der Waals surface area (Å²) in [5, 5.41) is 12.4. The number of nitro groups is 1. The molecule has 1 N–H and O–H groups in total. The maximum atomic E-state index is 11.9. The van der Waals surface area contributed by atoms with Crippen LogP contribution in [0.1, 0.15) is 0 Å². The first-order valence-corrected chi connectivity index (χ1v) is 7.82. The van der Waals surface area contributed by atoms with E-state index in [2.05, 4.69) is 9.71 Å². The number of hydrogen-bond acceptors (Lipinski definition) is 7. The van der Waals surface area contributed by atoms with Crippen LogP contribution in [-0.2, 0) is 10.0 Å². The van der Waals surface area contributed by atoms with Crippen LogP contribution >= 0.6 is 34.3 Å². The SMILES string of the molecule is O=[N+]([O-])c1cc(S(=O)(=O)Nc2nccs2)sc1Cl. The van der Waals surface area contributed by atoms with E-state index in [0.29, 0.717) is 11.3 Å². The van der Waals surface area contributed by atoms with Gasteiger partial charge in [-0.2, -0.15) is 0 Å². The van der Waals surface area contributed by atoms with Crippen LogP contribution in [0.3, 0.4) is 0 Å². The summed E-state index contributed by atoms with van der Waals surface area (Å²) < 4.78 is 25.5. The third-order valence-electron chi connectivity index (χ3n) is 1.76. The molecule has 7 nitrogen and oxygen atoms in total. The van der Waals surface area contributed by atoms with Gasteiger partial charge in [0, 0.05) is 17.6 Å². The van der Waals surface area contributed by atoms with E-state index in [4.69, 9.17) is 11.6 Å². The van der Waals surface area contributed by atoms with Crippen LogP contribution in [-0.4, -0.2) is 18.3 Å². The molecule has 18 heavy (non-hydrogen) atoms. The van der Waals surface area contributed by atoms with Crippen LogP contribution in [0.2, 0.25) is 4.34 Å². The van der Waals surface area contributed by atoms with Crippen molar-refractivity contribution in [3.05, 3.63) is 32.1 Å². The molecule has 0 bridgehead atoms. The first-order valence-electron chi connectivity index (χ1n) is 4.26. The third kappa shape index (κ3) is 2.61. The summed E-state index contributed by atoms with van der Waals surface area (Å²) in [6.07, 6.45) is 1.44. The lowest BCUT2D eigenvalue weighted by atomic mass is 10.6. The number of hydrogen-bond donors (Lipinski definition) is 1. The first-order chi connectivity index (χ1) is 8.40. The van der Waals surface area contributed by atoms with E-state index in [1.165, 1.54) is 6.20 Å². The summed E-state index contributed by atoms with van der Waals surface area (Å²) in [6, 6.07) is 0.920. The van der Waals surface area contributed by atoms with Crippen LogP contribution in [0.5, 0.6) is 0 Å². The molecule has 0 unspecified atom stereocenters. The zero-order valence-corrected chi connectivity index (χ0v) is 11.6. The minimum atomic E-state index is -3.89. The highest BCUT2D eigenvalue weighted by Crippen LogP contribution is 2.36. The average molecular weight is 326 g/mol. The lowest BCUT2D eigenvalue weighted by Crippen LogP contribution is -2.11. The predicted molar refractivity (Wildman–Crippen MR) is 68.9 cm³/mol. The van der Waals surface area contributed by atoms with E-state index in [0.717, 1.165) is 17.4 Å². The van der Waals surface area contributed by atoms with Crippen molar-refractivity contribution in [2.75, 3.05) is 4.72 Å². The smallest absolute Gasteiger partial charge is 0.258 e. The van der Waals surface area contributed by atoms with E-state index < -0.39 is 20.6 Å². The molecular formula is C7H4ClN3O4S3. The van der Waals surface area contributed by atoms with Gasteiger partial charge in [-0.25, -0.2) is 13.4 Å². The third-order valence-corrected chi connectivity index (χ3v) is 5.73. The number of aromatic nitrogens is 1. The van der Waals surface area contributed by atoms with Crippen molar-refractivity contribution >= 4 is 55.1 Å². The molecule has 2 aromatic rings. The Hall–Kier alpha value is -1.23. The monoisotopic (exact) mass is 325 g/mol. The molecule has 2 aromatic heterocycles. The molecule has 0 aromatic carbocycles. The molecule has 96 valence electrons. The fourth-order valence-electron chi connectivity index (χ4n) is 1.03. The number of thiophene rings is 1. The van der Waals surface area contributed by atoms with Crippen LogP contribution in [0.15, 0.2) is 21.9 Å². The van der Waals surface area contributed by atoms with Gasteiger partial charge in [0.25, 0.3) is 15.7 Å². The summed E-state index contributed by atoms with van der Waals surface area (Å²) in [7, 11) is -3.89. The van der Waals surface area contributed by atoms with E-state index in [1.54, 1.807) is 5.38 Å². The summed E-state index contributed by atoms with van der Waals surface area (Å²) in [4.78, 5) is 13.6. The molecule has 11 heteroatoms. The molecule has 0 saturated carbocycles. The number of rotatable bonds is 4. The molecule has 2 rings (SSSR count). The van der Waals surface area contributed by atoms with Gasteiger partial charge in [0.1, 0.15) is 4.21 Å². The number of anilines is 1. The van der Waals surface area contributed by atoms with Crippen molar-refractivity contribution in [2.24, 2.45) is 0 Å². The lowest BCUT2D eigenvalue weighted by molar-refractivity contribution is -0.384. The van der Waals surface area contributed by atoms with Crippen molar-refractivity contribution in [1.29, 1.82) is 0 Å². The second-order valence-corrected chi connectivity index (χ2v) is 7.38. The predicted octanol–water partition coefficient (Wildman–Crippen LogP) is 2.57. The fraction of sp³-hybridized carbons (Fsp3) is 0. The van der Waals surface area contributed by atoms with Crippen LogP contribution < -0.4 is 4.72 Å². The molecule has 2 heterocycles. The Morgan fingerprint density at radius 1 is 1.50 bits per heavy atom. The Bertz CT molecular complexity index is 679. The van der Waals surface area contributed by atoms with E-state index in [-0.39, 0.29) is 13.7 Å². The Kier molecular flexibility index (Phi) is 3.52. The molecule has 0 atom stereocenters. The molecule has 0 amide bonds. The van der Waals surface area contributed by atoms with Crippen molar-refractivity contribution < 1.29 is 13.3 Å². The topological polar surface area (TPSA) is 102 Å². The van der Waals surface area contributed by atoms with Crippen molar-refractivity contribution in [1.82, 2.24) is 4.98 Å². The minimum Gasteiger partial charge on any atom is -0.258 e. The largest absolute Gasteiger partial charge is 0.300 e. The van der Waals surface area contributed by atoms with Crippen LogP contribution in [0.4, 0.5) is 10.8 Å². The molecule has 0 fully saturated rings. The maximum absolute atomic E-state index is 11.9. The molecule has 0 aliphatic rings. The molecule has 0 saturated heterocycles. The Balaban J connectivity index is 2.36. The number of nitrogens with zero attached hydrogens (tertiary/aromatic N) is 2. The molecular weight excluding hydrogens is 322 g/mol. The van der Waals surface area contributed by atoms with Gasteiger partial charge in [0.2, 0.25) is 0 Å². The Morgan fingerprint density at radius 3 is 2.72 bits per heavy atom. The quantitative estimate of drug-likeness (QED) is 0.687. The molecule has 0 radical (unpaired) electrons. The highest BCUT2D eigenvalue weighted by atomic mass is 35.5. The van der Waals surface area contributed by atoms with Crippen molar-refractivity contribution in [2.45, 2.75) is 4.21 Å². The Morgan fingerprint density at radius 2 is 2.22 bits per heavy atom. The van der Waals surface area contributed by atoms with Gasteiger partial charge in [0.15, 0.2) is 9.47 Å². The standard InChI is InChI=1S/C7H4ClN3O4S3/c8-6-4(11(12)13)3-5(17-6)18(14,15)10-7-9-1-2-16-7/h1-3H,(H,9,10). The average Bonchev–Trinajstić information content (AvgIpc) is 2.86. The van der Waals surface area contributed by atoms with Crippen molar-refractivity contribution in [3.63, 3.8) is 0 Å². The zero-order valence-electron chi connectivity index (χ0n) is 8.36. The Labute approximate surface area is 114 Å². The first kappa shape index (κ1) is 13.2. The number of sulfonamides is 1. The second kappa shape index (κ2) is 4.80. The van der Waals surface area contributed by atoms with Crippen LogP contribution in [0, 0.1) is 10.1 Å². The van der Waals surface area contributed by atoms with Gasteiger partial charge < -0.3 is 0 Å².